The fourth-order valence-corrected chi connectivity index (χ4v) is 2.77. The third-order valence-corrected chi connectivity index (χ3v) is 4.08. The number of nitrogens with one attached hydrogen (secondary N) is 1. The lowest BCUT2D eigenvalue weighted by atomic mass is 10.2. The number of nitriles is 1. The van der Waals surface area contributed by atoms with E-state index >= 15 is 0 Å². The van der Waals surface area contributed by atoms with E-state index in [1.54, 1.807) is 31.2 Å². The van der Waals surface area contributed by atoms with Gasteiger partial charge in [-0.2, -0.15) is 5.26 Å². The number of likely N-dealkylation sites (N-methyl/N-ethyl adjacent to an activating group) is 1. The summed E-state index contributed by atoms with van der Waals surface area (Å²) in [4.78, 5) is 14.5. The maximum Gasteiger partial charge on any atom is 0.260 e. The molecule has 1 heterocycles. The van der Waals surface area contributed by atoms with Crippen LogP contribution in [-0.2, 0) is 4.79 Å². The lowest BCUT2D eigenvalue weighted by molar-refractivity contribution is -0.127. The molecule has 1 N–H and O–H groups in total. The minimum atomic E-state index is -0.551. The summed E-state index contributed by atoms with van der Waals surface area (Å²) in [5.41, 5.74) is 0.574. The van der Waals surface area contributed by atoms with E-state index in [0.717, 1.165) is 19.5 Å². The van der Waals surface area contributed by atoms with Crippen LogP contribution >= 0.6 is 0 Å². The standard InChI is InChI=1S/C17H23N3O2/c1-3-20-10-4-5-15(20)12-19-17(21)13(2)22-16-8-6-14(11-18)7-9-16/h6-9,13,15H,3-5,10,12H2,1-2H3,(H,19,21). The van der Waals surface area contributed by atoms with Crippen LogP contribution in [0.2, 0.25) is 0 Å². The molecule has 5 heteroatoms. The third kappa shape index (κ3) is 4.22. The molecule has 2 unspecified atom stereocenters. The van der Waals surface area contributed by atoms with Crippen molar-refractivity contribution in [2.24, 2.45) is 0 Å². The number of nitrogens with zero attached hydrogens (tertiary/aromatic N) is 2. The first-order chi connectivity index (χ1) is 10.6. The van der Waals surface area contributed by atoms with Gasteiger partial charge in [0, 0.05) is 12.6 Å². The number of benzene rings is 1. The van der Waals surface area contributed by atoms with Crippen molar-refractivity contribution in [2.45, 2.75) is 38.8 Å². The van der Waals surface area contributed by atoms with Crippen LogP contribution in [0, 0.1) is 11.3 Å². The smallest absolute Gasteiger partial charge is 0.260 e. The quantitative estimate of drug-likeness (QED) is 0.872. The second-order valence-corrected chi connectivity index (χ2v) is 5.57. The molecule has 0 radical (unpaired) electrons. The number of carbonyl (C=O) groups excluding carboxylic acids is 1. The summed E-state index contributed by atoms with van der Waals surface area (Å²) in [6.07, 6.45) is 1.79. The molecule has 1 aromatic rings. The molecule has 0 aliphatic carbocycles. The molecular formula is C17H23N3O2. The first kappa shape index (κ1) is 16.3. The van der Waals surface area contributed by atoms with Crippen LogP contribution in [-0.4, -0.2) is 42.6 Å². The van der Waals surface area contributed by atoms with Crippen LogP contribution < -0.4 is 10.1 Å². The zero-order valence-electron chi connectivity index (χ0n) is 13.2. The van der Waals surface area contributed by atoms with Gasteiger partial charge >= 0.3 is 0 Å². The maximum atomic E-state index is 12.1. The Balaban J connectivity index is 1.80. The van der Waals surface area contributed by atoms with Gasteiger partial charge in [0.2, 0.25) is 0 Å². The molecule has 1 fully saturated rings. The summed E-state index contributed by atoms with van der Waals surface area (Å²) >= 11 is 0. The van der Waals surface area contributed by atoms with Crippen LogP contribution in [0.15, 0.2) is 24.3 Å². The molecule has 1 aliphatic rings. The first-order valence-electron chi connectivity index (χ1n) is 7.82. The van der Waals surface area contributed by atoms with Crippen LogP contribution in [0.4, 0.5) is 0 Å². The summed E-state index contributed by atoms with van der Waals surface area (Å²) in [5.74, 6) is 0.491. The average molecular weight is 301 g/mol. The first-order valence-corrected chi connectivity index (χ1v) is 7.82. The summed E-state index contributed by atoms with van der Waals surface area (Å²) in [6.45, 7) is 6.70. The molecule has 2 rings (SSSR count). The zero-order valence-corrected chi connectivity index (χ0v) is 13.2. The van der Waals surface area contributed by atoms with Gasteiger partial charge in [-0.25, -0.2) is 0 Å². The van der Waals surface area contributed by atoms with Crippen molar-refractivity contribution in [2.75, 3.05) is 19.6 Å². The maximum absolute atomic E-state index is 12.1. The van der Waals surface area contributed by atoms with Crippen LogP contribution in [0.3, 0.4) is 0 Å². The van der Waals surface area contributed by atoms with Crippen LogP contribution in [0.1, 0.15) is 32.3 Å². The SMILES string of the molecule is CCN1CCCC1CNC(=O)C(C)Oc1ccc(C#N)cc1. The fourth-order valence-electron chi connectivity index (χ4n) is 2.77. The number of ether oxygens (including phenoxy) is 1. The molecule has 118 valence electrons. The Hall–Kier alpha value is -2.06. The number of rotatable bonds is 6. The molecule has 22 heavy (non-hydrogen) atoms. The summed E-state index contributed by atoms with van der Waals surface area (Å²) < 4.78 is 5.61. The van der Waals surface area contributed by atoms with Crippen molar-refractivity contribution in [1.82, 2.24) is 10.2 Å². The third-order valence-electron chi connectivity index (χ3n) is 4.08. The van der Waals surface area contributed by atoms with Gasteiger partial charge in [-0.05, 0) is 57.1 Å². The molecule has 5 nitrogen and oxygen atoms in total. The number of hydrogen-bond acceptors (Lipinski definition) is 4. The Morgan fingerprint density at radius 3 is 2.86 bits per heavy atom. The fraction of sp³-hybridized carbons (Fsp3) is 0.529. The summed E-state index contributed by atoms with van der Waals surface area (Å²) in [7, 11) is 0. The van der Waals surface area contributed by atoms with E-state index in [1.165, 1.54) is 6.42 Å². The Labute approximate surface area is 131 Å². The monoisotopic (exact) mass is 301 g/mol. The number of likely N-dealkylation sites (tertiary alicyclic amines) is 1. The molecule has 0 aromatic heterocycles. The van der Waals surface area contributed by atoms with Gasteiger partial charge in [-0.15, -0.1) is 0 Å². The minimum Gasteiger partial charge on any atom is -0.481 e. The highest BCUT2D eigenvalue weighted by Crippen LogP contribution is 2.16. The molecule has 0 saturated carbocycles. The van der Waals surface area contributed by atoms with Gasteiger partial charge in [0.25, 0.3) is 5.91 Å². The van der Waals surface area contributed by atoms with Gasteiger partial charge in [0.05, 0.1) is 11.6 Å². The van der Waals surface area contributed by atoms with Crippen molar-refractivity contribution in [3.63, 3.8) is 0 Å². The van der Waals surface area contributed by atoms with E-state index in [1.807, 2.05) is 0 Å². The van der Waals surface area contributed by atoms with Gasteiger partial charge in [0.1, 0.15) is 5.75 Å². The highest BCUT2D eigenvalue weighted by atomic mass is 16.5. The number of carbonyl (C=O) groups is 1. The van der Waals surface area contributed by atoms with E-state index in [2.05, 4.69) is 23.2 Å². The van der Waals surface area contributed by atoms with Crippen molar-refractivity contribution in [1.29, 1.82) is 5.26 Å². The van der Waals surface area contributed by atoms with E-state index in [0.29, 0.717) is 23.9 Å². The summed E-state index contributed by atoms with van der Waals surface area (Å²) in [5, 5.41) is 11.7. The zero-order chi connectivity index (χ0) is 15.9. The van der Waals surface area contributed by atoms with Gasteiger partial charge < -0.3 is 10.1 Å². The average Bonchev–Trinajstić information content (AvgIpc) is 3.00. The highest BCUT2D eigenvalue weighted by molar-refractivity contribution is 5.80. The van der Waals surface area contributed by atoms with Gasteiger partial charge in [0.15, 0.2) is 6.10 Å². The molecule has 0 bridgehead atoms. The molecule has 0 spiro atoms. The Bertz CT molecular complexity index is 536. The van der Waals surface area contributed by atoms with Crippen LogP contribution in [0.25, 0.3) is 0 Å². The van der Waals surface area contributed by atoms with Crippen LogP contribution in [0.5, 0.6) is 5.75 Å². The predicted octanol–water partition coefficient (Wildman–Crippen LogP) is 1.93. The largest absolute Gasteiger partial charge is 0.481 e. The molecular weight excluding hydrogens is 278 g/mol. The van der Waals surface area contributed by atoms with E-state index in [9.17, 15) is 4.79 Å². The van der Waals surface area contributed by atoms with E-state index in [4.69, 9.17) is 10.00 Å². The number of hydrogen-bond donors (Lipinski definition) is 1. The molecule has 1 amide bonds. The molecule has 1 saturated heterocycles. The highest BCUT2D eigenvalue weighted by Gasteiger charge is 2.24. The lowest BCUT2D eigenvalue weighted by Gasteiger charge is -2.23. The second kappa shape index (κ2) is 7.81. The predicted molar refractivity (Wildman–Crippen MR) is 84.5 cm³/mol. The van der Waals surface area contributed by atoms with E-state index in [-0.39, 0.29) is 5.91 Å². The van der Waals surface area contributed by atoms with E-state index < -0.39 is 6.10 Å². The normalized spacial score (nSPS) is 19.4. The summed E-state index contributed by atoms with van der Waals surface area (Å²) in [6, 6.07) is 9.26. The Kier molecular flexibility index (Phi) is 5.79. The minimum absolute atomic E-state index is 0.104. The van der Waals surface area contributed by atoms with Gasteiger partial charge in [-0.3, -0.25) is 9.69 Å². The van der Waals surface area contributed by atoms with Crippen molar-refractivity contribution < 1.29 is 9.53 Å². The van der Waals surface area contributed by atoms with Crippen molar-refractivity contribution in [3.05, 3.63) is 29.8 Å². The van der Waals surface area contributed by atoms with Crippen molar-refractivity contribution >= 4 is 5.91 Å². The van der Waals surface area contributed by atoms with Crippen molar-refractivity contribution in [3.8, 4) is 11.8 Å². The lowest BCUT2D eigenvalue weighted by Crippen LogP contribution is -2.44. The molecule has 1 aromatic carbocycles. The second-order valence-electron chi connectivity index (χ2n) is 5.57. The Morgan fingerprint density at radius 1 is 1.50 bits per heavy atom. The van der Waals surface area contributed by atoms with Gasteiger partial charge in [-0.1, -0.05) is 6.92 Å². The molecule has 2 atom stereocenters. The Morgan fingerprint density at radius 2 is 2.23 bits per heavy atom. The topological polar surface area (TPSA) is 65.4 Å². The molecule has 1 aliphatic heterocycles. The number of amides is 1.